The van der Waals surface area contributed by atoms with E-state index in [0.29, 0.717) is 5.41 Å². The number of hydrogen-bond acceptors (Lipinski definition) is 1. The van der Waals surface area contributed by atoms with Crippen LogP contribution in [0.1, 0.15) is 116 Å². The van der Waals surface area contributed by atoms with E-state index in [1.165, 1.54) is 83.5 Å². The van der Waals surface area contributed by atoms with Crippen molar-refractivity contribution in [2.24, 2.45) is 0 Å². The Morgan fingerprint density at radius 1 is 0.696 bits per heavy atom. The summed E-state index contributed by atoms with van der Waals surface area (Å²) in [5, 5.41) is 4.73. The first-order valence-electron chi connectivity index (χ1n) is 10.1. The van der Waals surface area contributed by atoms with Gasteiger partial charge in [0.15, 0.2) is 0 Å². The molecule has 0 aliphatic rings. The molecule has 0 unspecified atom stereocenters. The van der Waals surface area contributed by atoms with E-state index in [2.05, 4.69) is 38.5 Å². The van der Waals surface area contributed by atoms with Crippen LogP contribution in [0.2, 0.25) is 0 Å². The number of thiophene rings is 1. The molecule has 0 fully saturated rings. The SMILES string of the molecule is CCCCCCCCCCCCCCc1cscc1C(C)(C)C. The van der Waals surface area contributed by atoms with Gasteiger partial charge >= 0.3 is 0 Å². The van der Waals surface area contributed by atoms with E-state index in [4.69, 9.17) is 0 Å². The minimum Gasteiger partial charge on any atom is -0.152 e. The smallest absolute Gasteiger partial charge is 0.00531 e. The van der Waals surface area contributed by atoms with E-state index < -0.39 is 0 Å². The van der Waals surface area contributed by atoms with Gasteiger partial charge in [-0.2, -0.15) is 11.3 Å². The van der Waals surface area contributed by atoms with Crippen molar-refractivity contribution in [3.8, 4) is 0 Å². The van der Waals surface area contributed by atoms with Crippen molar-refractivity contribution < 1.29 is 0 Å². The molecule has 0 N–H and O–H groups in total. The van der Waals surface area contributed by atoms with Gasteiger partial charge in [0.05, 0.1) is 0 Å². The summed E-state index contributed by atoms with van der Waals surface area (Å²) < 4.78 is 0. The lowest BCUT2D eigenvalue weighted by Crippen LogP contribution is -2.12. The van der Waals surface area contributed by atoms with Crippen molar-refractivity contribution in [1.29, 1.82) is 0 Å². The summed E-state index contributed by atoms with van der Waals surface area (Å²) in [6.45, 7) is 9.30. The molecule has 0 atom stereocenters. The first kappa shape index (κ1) is 20.7. The fourth-order valence-electron chi connectivity index (χ4n) is 3.33. The summed E-state index contributed by atoms with van der Waals surface area (Å²) in [6, 6.07) is 0. The van der Waals surface area contributed by atoms with Crippen LogP contribution in [0.4, 0.5) is 0 Å². The lowest BCUT2D eigenvalue weighted by atomic mass is 9.85. The van der Waals surface area contributed by atoms with Crippen molar-refractivity contribution in [2.75, 3.05) is 0 Å². The number of rotatable bonds is 13. The van der Waals surface area contributed by atoms with Crippen LogP contribution in [0.3, 0.4) is 0 Å². The number of aryl methyl sites for hydroxylation is 1. The monoisotopic (exact) mass is 336 g/mol. The Morgan fingerprint density at radius 3 is 1.65 bits per heavy atom. The fraction of sp³-hybridized carbons (Fsp3) is 0.818. The van der Waals surface area contributed by atoms with Gasteiger partial charge in [0.2, 0.25) is 0 Å². The van der Waals surface area contributed by atoms with Crippen LogP contribution >= 0.6 is 11.3 Å². The van der Waals surface area contributed by atoms with Crippen LogP contribution in [0.25, 0.3) is 0 Å². The molecule has 1 heteroatoms. The Balaban J connectivity index is 1.95. The largest absolute Gasteiger partial charge is 0.152 e. The molecule has 1 aromatic heterocycles. The number of unbranched alkanes of at least 4 members (excludes halogenated alkanes) is 11. The van der Waals surface area contributed by atoms with Gasteiger partial charge in [0.25, 0.3) is 0 Å². The normalized spacial score (nSPS) is 12.0. The molecule has 1 rings (SSSR count). The molecule has 0 radical (unpaired) electrons. The zero-order valence-corrected chi connectivity index (χ0v) is 17.1. The highest BCUT2D eigenvalue weighted by Crippen LogP contribution is 2.30. The predicted molar refractivity (Wildman–Crippen MR) is 108 cm³/mol. The molecule has 1 aromatic rings. The van der Waals surface area contributed by atoms with E-state index in [1.807, 2.05) is 11.3 Å². The van der Waals surface area contributed by atoms with Crippen molar-refractivity contribution >= 4 is 11.3 Å². The van der Waals surface area contributed by atoms with Crippen LogP contribution in [0.15, 0.2) is 10.8 Å². The Labute approximate surface area is 150 Å². The lowest BCUT2D eigenvalue weighted by molar-refractivity contribution is 0.542. The van der Waals surface area contributed by atoms with Gasteiger partial charge in [0.1, 0.15) is 0 Å². The Kier molecular flexibility index (Phi) is 10.9. The van der Waals surface area contributed by atoms with Gasteiger partial charge in [-0.25, -0.2) is 0 Å². The minimum atomic E-state index is 0.312. The molecule has 0 saturated heterocycles. The maximum absolute atomic E-state index is 2.37. The molecule has 0 aliphatic carbocycles. The topological polar surface area (TPSA) is 0 Å². The summed E-state index contributed by atoms with van der Waals surface area (Å²) >= 11 is 1.88. The van der Waals surface area contributed by atoms with Crippen LogP contribution in [0, 0.1) is 0 Å². The van der Waals surface area contributed by atoms with Crippen molar-refractivity contribution in [3.05, 3.63) is 21.9 Å². The predicted octanol–water partition coefficient (Wildman–Crippen LogP) is 8.29. The van der Waals surface area contributed by atoms with Crippen LogP contribution in [-0.4, -0.2) is 0 Å². The van der Waals surface area contributed by atoms with Gasteiger partial charge in [-0.1, -0.05) is 98.3 Å². The fourth-order valence-corrected chi connectivity index (χ4v) is 4.45. The van der Waals surface area contributed by atoms with E-state index in [9.17, 15) is 0 Å². The third-order valence-corrected chi connectivity index (χ3v) is 5.64. The third kappa shape index (κ3) is 9.55. The molecular weight excluding hydrogens is 296 g/mol. The highest BCUT2D eigenvalue weighted by Gasteiger charge is 2.18. The average molecular weight is 337 g/mol. The van der Waals surface area contributed by atoms with Gasteiger partial charge in [-0.15, -0.1) is 0 Å². The maximum atomic E-state index is 2.37. The van der Waals surface area contributed by atoms with Crippen LogP contribution < -0.4 is 0 Å². The second kappa shape index (κ2) is 12.1. The first-order valence-corrected chi connectivity index (χ1v) is 11.1. The molecule has 0 aliphatic heterocycles. The molecule has 0 aromatic carbocycles. The summed E-state index contributed by atoms with van der Waals surface area (Å²) in [5.41, 5.74) is 3.49. The molecule has 0 saturated carbocycles. The summed E-state index contributed by atoms with van der Waals surface area (Å²) in [4.78, 5) is 0. The van der Waals surface area contributed by atoms with E-state index >= 15 is 0 Å². The first-order chi connectivity index (χ1) is 11.1. The second-order valence-corrected chi connectivity index (χ2v) is 8.94. The molecule has 0 amide bonds. The van der Waals surface area contributed by atoms with Gasteiger partial charge < -0.3 is 0 Å². The summed E-state index contributed by atoms with van der Waals surface area (Å²) in [5.74, 6) is 0. The highest BCUT2D eigenvalue weighted by molar-refractivity contribution is 7.08. The summed E-state index contributed by atoms with van der Waals surface area (Å²) in [7, 11) is 0. The molecule has 0 bridgehead atoms. The Hall–Kier alpha value is -0.300. The minimum absolute atomic E-state index is 0.312. The maximum Gasteiger partial charge on any atom is -0.00531 e. The van der Waals surface area contributed by atoms with Crippen LogP contribution in [-0.2, 0) is 11.8 Å². The molecule has 23 heavy (non-hydrogen) atoms. The Bertz CT molecular complexity index is 383. The zero-order valence-electron chi connectivity index (χ0n) is 16.3. The van der Waals surface area contributed by atoms with E-state index in [-0.39, 0.29) is 0 Å². The molecule has 134 valence electrons. The second-order valence-electron chi connectivity index (χ2n) is 8.20. The molecule has 0 nitrogen and oxygen atoms in total. The van der Waals surface area contributed by atoms with E-state index in [0.717, 1.165) is 0 Å². The molecular formula is C22H40S. The van der Waals surface area contributed by atoms with Gasteiger partial charge in [0, 0.05) is 0 Å². The summed E-state index contributed by atoms with van der Waals surface area (Å²) in [6.07, 6.45) is 18.5. The highest BCUT2D eigenvalue weighted by atomic mass is 32.1. The standard InChI is InChI=1S/C22H40S/c1-5-6-7-8-9-10-11-12-13-14-15-16-17-20-18-23-19-21(20)22(2,3)4/h18-19H,5-17H2,1-4H3. The van der Waals surface area contributed by atoms with Crippen molar-refractivity contribution in [2.45, 2.75) is 117 Å². The quantitative estimate of drug-likeness (QED) is 0.318. The van der Waals surface area contributed by atoms with Crippen molar-refractivity contribution in [3.63, 3.8) is 0 Å². The Morgan fingerprint density at radius 2 is 1.17 bits per heavy atom. The third-order valence-electron chi connectivity index (χ3n) is 4.85. The lowest BCUT2D eigenvalue weighted by Gasteiger charge is -2.19. The zero-order chi connectivity index (χ0) is 17.0. The average Bonchev–Trinajstić information content (AvgIpc) is 2.97. The number of hydrogen-bond donors (Lipinski definition) is 0. The molecule has 0 spiro atoms. The van der Waals surface area contributed by atoms with Gasteiger partial charge in [-0.05, 0) is 40.1 Å². The molecule has 1 heterocycles. The van der Waals surface area contributed by atoms with Crippen molar-refractivity contribution in [1.82, 2.24) is 0 Å². The van der Waals surface area contributed by atoms with Crippen LogP contribution in [0.5, 0.6) is 0 Å². The van der Waals surface area contributed by atoms with Gasteiger partial charge in [-0.3, -0.25) is 0 Å². The van der Waals surface area contributed by atoms with E-state index in [1.54, 1.807) is 11.1 Å².